The fraction of sp³-hybridized carbons (Fsp3) is 0.667. The van der Waals surface area contributed by atoms with E-state index in [9.17, 15) is 0 Å². The number of aromatic nitrogens is 2. The first-order chi connectivity index (χ1) is 8.78. The Hall–Kier alpha value is -1.09. The molecule has 18 heavy (non-hydrogen) atoms. The standard InChI is InChI=1S/C15H25N3/c1-16-15(10-13-6-4-3-5-7-13)9-8-14-11-17-18(2)12-14/h6,11-12,15-16H,3-5,7-10H2,1-2H3. The van der Waals surface area contributed by atoms with Crippen LogP contribution in [-0.4, -0.2) is 22.9 Å². The van der Waals surface area contributed by atoms with Crippen LogP contribution in [0.4, 0.5) is 0 Å². The van der Waals surface area contributed by atoms with Gasteiger partial charge in [0.15, 0.2) is 0 Å². The number of hydrogen-bond acceptors (Lipinski definition) is 2. The number of allylic oxidation sites excluding steroid dienone is 1. The van der Waals surface area contributed by atoms with Crippen molar-refractivity contribution in [3.8, 4) is 0 Å². The minimum absolute atomic E-state index is 0.606. The summed E-state index contributed by atoms with van der Waals surface area (Å²) in [5.41, 5.74) is 3.00. The van der Waals surface area contributed by atoms with Gasteiger partial charge in [-0.2, -0.15) is 5.10 Å². The molecule has 3 nitrogen and oxygen atoms in total. The fourth-order valence-electron chi connectivity index (χ4n) is 2.70. The van der Waals surface area contributed by atoms with E-state index in [0.29, 0.717) is 6.04 Å². The first-order valence-electron chi connectivity index (χ1n) is 7.10. The van der Waals surface area contributed by atoms with Crippen molar-refractivity contribution in [2.75, 3.05) is 7.05 Å². The van der Waals surface area contributed by atoms with Crippen molar-refractivity contribution < 1.29 is 0 Å². The van der Waals surface area contributed by atoms with Gasteiger partial charge in [-0.1, -0.05) is 11.6 Å². The third-order valence-corrected chi connectivity index (χ3v) is 3.84. The van der Waals surface area contributed by atoms with Crippen LogP contribution in [0.2, 0.25) is 0 Å². The van der Waals surface area contributed by atoms with E-state index >= 15 is 0 Å². The van der Waals surface area contributed by atoms with Crippen molar-refractivity contribution >= 4 is 0 Å². The third kappa shape index (κ3) is 3.98. The lowest BCUT2D eigenvalue weighted by Crippen LogP contribution is -2.26. The highest BCUT2D eigenvalue weighted by atomic mass is 15.2. The van der Waals surface area contributed by atoms with Crippen LogP contribution in [0.15, 0.2) is 24.0 Å². The Labute approximate surface area is 110 Å². The lowest BCUT2D eigenvalue weighted by atomic mass is 9.92. The first-order valence-corrected chi connectivity index (χ1v) is 7.10. The molecule has 0 spiro atoms. The first kappa shape index (κ1) is 13.3. The second-order valence-electron chi connectivity index (χ2n) is 5.36. The second kappa shape index (κ2) is 6.74. The zero-order valence-corrected chi connectivity index (χ0v) is 11.7. The topological polar surface area (TPSA) is 29.9 Å². The van der Waals surface area contributed by atoms with Crippen LogP contribution in [0.25, 0.3) is 0 Å². The summed E-state index contributed by atoms with van der Waals surface area (Å²) in [5, 5.41) is 7.68. The van der Waals surface area contributed by atoms with Crippen LogP contribution in [-0.2, 0) is 13.5 Å². The molecule has 1 unspecified atom stereocenters. The molecule has 1 aliphatic rings. The van der Waals surface area contributed by atoms with E-state index in [4.69, 9.17) is 0 Å². The molecule has 100 valence electrons. The SMILES string of the molecule is CNC(CCc1cnn(C)c1)CC1=CCCCC1. The van der Waals surface area contributed by atoms with Gasteiger partial charge in [-0.15, -0.1) is 0 Å². The van der Waals surface area contributed by atoms with Gasteiger partial charge >= 0.3 is 0 Å². The van der Waals surface area contributed by atoms with Gasteiger partial charge in [0, 0.05) is 19.3 Å². The molecular weight excluding hydrogens is 222 g/mol. The summed E-state index contributed by atoms with van der Waals surface area (Å²) in [6, 6.07) is 0.606. The average molecular weight is 247 g/mol. The summed E-state index contributed by atoms with van der Waals surface area (Å²) in [7, 11) is 4.06. The van der Waals surface area contributed by atoms with Crippen LogP contribution < -0.4 is 5.32 Å². The van der Waals surface area contributed by atoms with E-state index in [1.807, 2.05) is 17.9 Å². The molecule has 0 aromatic carbocycles. The molecule has 1 aromatic rings. The maximum absolute atomic E-state index is 4.22. The molecule has 0 saturated carbocycles. The van der Waals surface area contributed by atoms with Gasteiger partial charge in [0.05, 0.1) is 6.20 Å². The maximum Gasteiger partial charge on any atom is 0.0521 e. The Morgan fingerprint density at radius 3 is 2.94 bits per heavy atom. The van der Waals surface area contributed by atoms with Gasteiger partial charge in [-0.3, -0.25) is 4.68 Å². The Kier molecular flexibility index (Phi) is 5.00. The smallest absolute Gasteiger partial charge is 0.0521 e. The highest BCUT2D eigenvalue weighted by Gasteiger charge is 2.11. The fourth-order valence-corrected chi connectivity index (χ4v) is 2.70. The number of nitrogens with zero attached hydrogens (tertiary/aromatic N) is 2. The minimum atomic E-state index is 0.606. The number of rotatable bonds is 6. The summed E-state index contributed by atoms with van der Waals surface area (Å²) >= 11 is 0. The molecule has 3 heteroatoms. The average Bonchev–Trinajstić information content (AvgIpc) is 2.81. The summed E-state index contributed by atoms with van der Waals surface area (Å²) in [5.74, 6) is 0. The molecule has 1 aromatic heterocycles. The molecule has 0 radical (unpaired) electrons. The van der Waals surface area contributed by atoms with E-state index in [0.717, 1.165) is 6.42 Å². The predicted molar refractivity (Wildman–Crippen MR) is 75.5 cm³/mol. The molecule has 1 aliphatic carbocycles. The van der Waals surface area contributed by atoms with E-state index in [1.165, 1.54) is 44.1 Å². The van der Waals surface area contributed by atoms with E-state index < -0.39 is 0 Å². The molecule has 0 fully saturated rings. The van der Waals surface area contributed by atoms with E-state index in [1.54, 1.807) is 5.57 Å². The molecule has 1 atom stereocenters. The Morgan fingerprint density at radius 2 is 2.33 bits per heavy atom. The van der Waals surface area contributed by atoms with Gasteiger partial charge in [0.25, 0.3) is 0 Å². The highest BCUT2D eigenvalue weighted by Crippen LogP contribution is 2.22. The molecule has 0 amide bonds. The predicted octanol–water partition coefficient (Wildman–Crippen LogP) is 2.83. The van der Waals surface area contributed by atoms with Crippen LogP contribution in [0.1, 0.15) is 44.1 Å². The number of aryl methyl sites for hydroxylation is 2. The lowest BCUT2D eigenvalue weighted by molar-refractivity contribution is 0.502. The molecule has 0 bridgehead atoms. The van der Waals surface area contributed by atoms with Crippen LogP contribution in [0, 0.1) is 0 Å². The Balaban J connectivity index is 1.79. The summed E-state index contributed by atoms with van der Waals surface area (Å²) in [6.07, 6.45) is 15.4. The largest absolute Gasteiger partial charge is 0.317 e. The van der Waals surface area contributed by atoms with Crippen molar-refractivity contribution in [3.05, 3.63) is 29.6 Å². The summed E-state index contributed by atoms with van der Waals surface area (Å²) in [6.45, 7) is 0. The molecule has 1 heterocycles. The molecular formula is C15H25N3. The Morgan fingerprint density at radius 1 is 1.44 bits per heavy atom. The number of nitrogens with one attached hydrogen (secondary N) is 1. The Bertz CT molecular complexity index is 392. The van der Waals surface area contributed by atoms with Gasteiger partial charge in [0.1, 0.15) is 0 Å². The van der Waals surface area contributed by atoms with Gasteiger partial charge in [-0.25, -0.2) is 0 Å². The van der Waals surface area contributed by atoms with Gasteiger partial charge in [0.2, 0.25) is 0 Å². The molecule has 1 N–H and O–H groups in total. The van der Waals surface area contributed by atoms with Gasteiger partial charge in [-0.05, 0) is 57.6 Å². The highest BCUT2D eigenvalue weighted by molar-refractivity contribution is 5.08. The maximum atomic E-state index is 4.22. The van der Waals surface area contributed by atoms with Crippen LogP contribution in [0.5, 0.6) is 0 Å². The summed E-state index contributed by atoms with van der Waals surface area (Å²) in [4.78, 5) is 0. The minimum Gasteiger partial charge on any atom is -0.317 e. The zero-order chi connectivity index (χ0) is 12.8. The van der Waals surface area contributed by atoms with Crippen molar-refractivity contribution in [3.63, 3.8) is 0 Å². The van der Waals surface area contributed by atoms with Crippen LogP contribution in [0.3, 0.4) is 0 Å². The second-order valence-corrected chi connectivity index (χ2v) is 5.36. The van der Waals surface area contributed by atoms with E-state index in [-0.39, 0.29) is 0 Å². The van der Waals surface area contributed by atoms with Gasteiger partial charge < -0.3 is 5.32 Å². The normalized spacial score (nSPS) is 17.6. The van der Waals surface area contributed by atoms with Crippen LogP contribution >= 0.6 is 0 Å². The molecule has 2 rings (SSSR count). The quantitative estimate of drug-likeness (QED) is 0.783. The number of hydrogen-bond donors (Lipinski definition) is 1. The zero-order valence-electron chi connectivity index (χ0n) is 11.7. The lowest BCUT2D eigenvalue weighted by Gasteiger charge is -2.20. The monoisotopic (exact) mass is 247 g/mol. The van der Waals surface area contributed by atoms with Crippen molar-refractivity contribution in [2.45, 2.75) is 51.0 Å². The van der Waals surface area contributed by atoms with Crippen molar-refractivity contribution in [1.82, 2.24) is 15.1 Å². The molecule has 0 saturated heterocycles. The van der Waals surface area contributed by atoms with E-state index in [2.05, 4.69) is 29.7 Å². The molecule has 0 aliphatic heterocycles. The summed E-state index contributed by atoms with van der Waals surface area (Å²) < 4.78 is 1.88. The third-order valence-electron chi connectivity index (χ3n) is 3.84. The van der Waals surface area contributed by atoms with Crippen molar-refractivity contribution in [1.29, 1.82) is 0 Å². The van der Waals surface area contributed by atoms with Crippen molar-refractivity contribution in [2.24, 2.45) is 7.05 Å².